The molecule has 1 aliphatic carbocycles. The normalized spacial score (nSPS) is 28.6. The fourth-order valence-corrected chi connectivity index (χ4v) is 3.77. The minimum Gasteiger partial charge on any atom is -0.314 e. The van der Waals surface area contributed by atoms with Crippen LogP contribution in [0.25, 0.3) is 0 Å². The summed E-state index contributed by atoms with van der Waals surface area (Å²) in [5.74, 6) is 3.60. The van der Waals surface area contributed by atoms with Gasteiger partial charge in [0.2, 0.25) is 0 Å². The van der Waals surface area contributed by atoms with Crippen molar-refractivity contribution in [2.45, 2.75) is 72.8 Å². The summed E-state index contributed by atoms with van der Waals surface area (Å²) < 4.78 is 0. The third kappa shape index (κ3) is 4.62. The highest BCUT2D eigenvalue weighted by Gasteiger charge is 2.32. The maximum Gasteiger partial charge on any atom is 0.0121 e. The van der Waals surface area contributed by atoms with E-state index < -0.39 is 0 Å². The molecule has 102 valence electrons. The van der Waals surface area contributed by atoms with Gasteiger partial charge in [0.1, 0.15) is 0 Å². The summed E-state index contributed by atoms with van der Waals surface area (Å²) in [6, 6.07) is 0.763. The summed E-state index contributed by atoms with van der Waals surface area (Å²) in [6.07, 6.45) is 7.14. The van der Waals surface area contributed by atoms with Gasteiger partial charge in [-0.1, -0.05) is 47.5 Å². The standard InChI is InChI=1S/C16H33N/c1-6-14-8-9-15(11-14)16(17-7-2)13(5)10-12(3)4/h12-17H,6-11H2,1-5H3. The monoisotopic (exact) mass is 239 g/mol. The molecule has 4 unspecified atom stereocenters. The van der Waals surface area contributed by atoms with Crippen LogP contribution in [-0.2, 0) is 0 Å². The lowest BCUT2D eigenvalue weighted by atomic mass is 9.83. The number of nitrogens with one attached hydrogen (secondary N) is 1. The SMILES string of the molecule is CCNC(C(C)CC(C)C)C1CCC(CC)C1. The van der Waals surface area contributed by atoms with Crippen LogP contribution in [0.1, 0.15) is 66.7 Å². The minimum absolute atomic E-state index is 0.763. The molecule has 1 nitrogen and oxygen atoms in total. The van der Waals surface area contributed by atoms with Crippen molar-refractivity contribution in [1.29, 1.82) is 0 Å². The van der Waals surface area contributed by atoms with Crippen molar-refractivity contribution in [1.82, 2.24) is 5.32 Å². The van der Waals surface area contributed by atoms with Crippen molar-refractivity contribution in [3.8, 4) is 0 Å². The highest BCUT2D eigenvalue weighted by atomic mass is 14.9. The zero-order valence-electron chi connectivity index (χ0n) is 12.6. The zero-order valence-corrected chi connectivity index (χ0v) is 12.6. The number of hydrogen-bond acceptors (Lipinski definition) is 1. The van der Waals surface area contributed by atoms with Crippen LogP contribution in [0.4, 0.5) is 0 Å². The van der Waals surface area contributed by atoms with Crippen LogP contribution < -0.4 is 5.32 Å². The van der Waals surface area contributed by atoms with Crippen LogP contribution in [0.15, 0.2) is 0 Å². The predicted molar refractivity (Wildman–Crippen MR) is 77.2 cm³/mol. The minimum atomic E-state index is 0.763. The topological polar surface area (TPSA) is 12.0 Å². The van der Waals surface area contributed by atoms with E-state index in [0.29, 0.717) is 0 Å². The Morgan fingerprint density at radius 3 is 2.29 bits per heavy atom. The Labute approximate surface area is 109 Å². The van der Waals surface area contributed by atoms with Crippen molar-refractivity contribution in [3.05, 3.63) is 0 Å². The Morgan fingerprint density at radius 1 is 1.12 bits per heavy atom. The van der Waals surface area contributed by atoms with E-state index in [-0.39, 0.29) is 0 Å². The number of hydrogen-bond donors (Lipinski definition) is 1. The first kappa shape index (κ1) is 15.0. The largest absolute Gasteiger partial charge is 0.314 e. The molecule has 0 radical (unpaired) electrons. The van der Waals surface area contributed by atoms with Crippen molar-refractivity contribution in [2.24, 2.45) is 23.7 Å². The van der Waals surface area contributed by atoms with Gasteiger partial charge in [0.05, 0.1) is 0 Å². The molecule has 0 heterocycles. The van der Waals surface area contributed by atoms with Crippen molar-refractivity contribution >= 4 is 0 Å². The van der Waals surface area contributed by atoms with Crippen molar-refractivity contribution < 1.29 is 0 Å². The van der Waals surface area contributed by atoms with Gasteiger partial charge < -0.3 is 5.32 Å². The summed E-state index contributed by atoms with van der Waals surface area (Å²) in [6.45, 7) is 12.9. The first-order chi connectivity index (χ1) is 8.08. The summed E-state index contributed by atoms with van der Waals surface area (Å²) in [4.78, 5) is 0. The maximum atomic E-state index is 3.77. The average molecular weight is 239 g/mol. The fraction of sp³-hybridized carbons (Fsp3) is 1.00. The molecule has 0 aromatic carbocycles. The van der Waals surface area contributed by atoms with Crippen molar-refractivity contribution in [2.75, 3.05) is 6.54 Å². The van der Waals surface area contributed by atoms with Crippen LogP contribution in [0.5, 0.6) is 0 Å². The van der Waals surface area contributed by atoms with Gasteiger partial charge in [0.25, 0.3) is 0 Å². The van der Waals surface area contributed by atoms with Crippen molar-refractivity contribution in [3.63, 3.8) is 0 Å². The van der Waals surface area contributed by atoms with Crippen LogP contribution >= 0.6 is 0 Å². The zero-order chi connectivity index (χ0) is 12.8. The molecular weight excluding hydrogens is 206 g/mol. The Hall–Kier alpha value is -0.0400. The molecule has 1 N–H and O–H groups in total. The van der Waals surface area contributed by atoms with Crippen LogP contribution in [0, 0.1) is 23.7 Å². The molecule has 0 aromatic heterocycles. The lowest BCUT2D eigenvalue weighted by molar-refractivity contribution is 0.242. The second kappa shape index (κ2) is 7.41. The van der Waals surface area contributed by atoms with E-state index in [4.69, 9.17) is 0 Å². The van der Waals surface area contributed by atoms with E-state index in [2.05, 4.69) is 39.9 Å². The molecule has 0 saturated heterocycles. The second-order valence-electron chi connectivity index (χ2n) is 6.54. The van der Waals surface area contributed by atoms with Gasteiger partial charge in [-0.25, -0.2) is 0 Å². The van der Waals surface area contributed by atoms with Crippen LogP contribution in [-0.4, -0.2) is 12.6 Å². The molecule has 4 atom stereocenters. The van der Waals surface area contributed by atoms with Gasteiger partial charge in [-0.2, -0.15) is 0 Å². The third-order valence-corrected chi connectivity index (χ3v) is 4.56. The quantitative estimate of drug-likeness (QED) is 0.691. The van der Waals surface area contributed by atoms with Gasteiger partial charge in [0.15, 0.2) is 0 Å². The summed E-state index contributed by atoms with van der Waals surface area (Å²) in [5, 5.41) is 3.77. The Morgan fingerprint density at radius 2 is 1.82 bits per heavy atom. The first-order valence-electron chi connectivity index (χ1n) is 7.81. The van der Waals surface area contributed by atoms with E-state index in [1.54, 1.807) is 0 Å². The molecule has 1 rings (SSSR count). The van der Waals surface area contributed by atoms with Gasteiger partial charge in [-0.15, -0.1) is 0 Å². The lowest BCUT2D eigenvalue weighted by Crippen LogP contribution is -2.41. The molecule has 1 saturated carbocycles. The Balaban J connectivity index is 2.53. The molecule has 1 aliphatic rings. The molecular formula is C16H33N. The van der Waals surface area contributed by atoms with Crippen LogP contribution in [0.2, 0.25) is 0 Å². The molecule has 17 heavy (non-hydrogen) atoms. The van der Waals surface area contributed by atoms with Gasteiger partial charge in [-0.05, 0) is 49.5 Å². The van der Waals surface area contributed by atoms with E-state index in [1.165, 1.54) is 32.1 Å². The first-order valence-corrected chi connectivity index (χ1v) is 7.81. The number of rotatable bonds is 7. The molecule has 0 aliphatic heterocycles. The lowest BCUT2D eigenvalue weighted by Gasteiger charge is -2.31. The molecule has 0 spiro atoms. The third-order valence-electron chi connectivity index (χ3n) is 4.56. The Kier molecular flexibility index (Phi) is 6.54. The van der Waals surface area contributed by atoms with Gasteiger partial charge >= 0.3 is 0 Å². The Bertz CT molecular complexity index is 200. The summed E-state index contributed by atoms with van der Waals surface area (Å²) in [7, 11) is 0. The molecule has 0 amide bonds. The van der Waals surface area contributed by atoms with E-state index in [1.807, 2.05) is 0 Å². The molecule has 0 aromatic rings. The average Bonchev–Trinajstić information content (AvgIpc) is 2.72. The van der Waals surface area contributed by atoms with Crippen LogP contribution in [0.3, 0.4) is 0 Å². The summed E-state index contributed by atoms with van der Waals surface area (Å²) in [5.41, 5.74) is 0. The van der Waals surface area contributed by atoms with Gasteiger partial charge in [-0.3, -0.25) is 0 Å². The second-order valence-corrected chi connectivity index (χ2v) is 6.54. The van der Waals surface area contributed by atoms with Gasteiger partial charge in [0, 0.05) is 6.04 Å². The van der Waals surface area contributed by atoms with E-state index in [0.717, 1.165) is 36.3 Å². The predicted octanol–water partition coefficient (Wildman–Crippen LogP) is 4.47. The van der Waals surface area contributed by atoms with E-state index >= 15 is 0 Å². The molecule has 1 heteroatoms. The highest BCUT2D eigenvalue weighted by Crippen LogP contribution is 2.37. The fourth-order valence-electron chi connectivity index (χ4n) is 3.77. The van der Waals surface area contributed by atoms with E-state index in [9.17, 15) is 0 Å². The maximum absolute atomic E-state index is 3.77. The summed E-state index contributed by atoms with van der Waals surface area (Å²) >= 11 is 0. The smallest absolute Gasteiger partial charge is 0.0121 e. The highest BCUT2D eigenvalue weighted by molar-refractivity contribution is 4.87. The molecule has 1 fully saturated rings. The molecule has 0 bridgehead atoms.